The highest BCUT2D eigenvalue weighted by Gasteiger charge is 2.11. The summed E-state index contributed by atoms with van der Waals surface area (Å²) in [5, 5.41) is 5.02. The van der Waals surface area contributed by atoms with Crippen molar-refractivity contribution in [1.82, 2.24) is 10.1 Å². The zero-order chi connectivity index (χ0) is 14.2. The van der Waals surface area contributed by atoms with Crippen molar-refractivity contribution in [3.05, 3.63) is 60.7 Å². The van der Waals surface area contributed by atoms with E-state index in [0.717, 1.165) is 33.2 Å². The Balaban J connectivity index is 1.90. The Labute approximate surface area is 121 Å². The fourth-order valence-corrected chi connectivity index (χ4v) is 2.61. The third-order valence-electron chi connectivity index (χ3n) is 3.70. The van der Waals surface area contributed by atoms with Gasteiger partial charge in [0.2, 0.25) is 12.2 Å². The summed E-state index contributed by atoms with van der Waals surface area (Å²) >= 11 is 0. The normalized spacial score (nSPS) is 11.1. The summed E-state index contributed by atoms with van der Waals surface area (Å²) in [5.41, 5.74) is 5.30. The summed E-state index contributed by atoms with van der Waals surface area (Å²) in [6.07, 6.45) is 3.05. The molecule has 0 amide bonds. The summed E-state index contributed by atoms with van der Waals surface area (Å²) in [5.74, 6) is 0.610. The molecule has 0 atom stereocenters. The molecular weight excluding hydrogens is 264 g/mol. The molecule has 0 aliphatic heterocycles. The average Bonchev–Trinajstić information content (AvgIpc) is 3.18. The van der Waals surface area contributed by atoms with E-state index in [4.69, 9.17) is 8.94 Å². The average molecular weight is 276 g/mol. The van der Waals surface area contributed by atoms with Gasteiger partial charge in [-0.1, -0.05) is 29.4 Å². The molecule has 0 saturated heterocycles. The van der Waals surface area contributed by atoms with Crippen LogP contribution in [0.5, 0.6) is 0 Å². The highest BCUT2D eigenvalue weighted by molar-refractivity contribution is 5.85. The van der Waals surface area contributed by atoms with Crippen molar-refractivity contribution < 1.29 is 8.94 Å². The van der Waals surface area contributed by atoms with Crippen LogP contribution in [-0.4, -0.2) is 10.1 Å². The molecule has 4 aromatic rings. The van der Waals surface area contributed by atoms with Crippen LogP contribution in [0.4, 0.5) is 0 Å². The molecule has 0 aliphatic rings. The molecule has 21 heavy (non-hydrogen) atoms. The van der Waals surface area contributed by atoms with E-state index in [9.17, 15) is 0 Å². The van der Waals surface area contributed by atoms with E-state index in [1.165, 1.54) is 6.39 Å². The SMILES string of the molecule is Cc1c(-c2ccc3occc3c2)cccc1-c1ncon1. The number of fused-ring (bicyclic) bond motifs is 1. The van der Waals surface area contributed by atoms with Crippen LogP contribution in [0.3, 0.4) is 0 Å². The number of hydrogen-bond acceptors (Lipinski definition) is 4. The Bertz CT molecular complexity index is 908. The smallest absolute Gasteiger partial charge is 0.214 e. The lowest BCUT2D eigenvalue weighted by Gasteiger charge is -2.09. The monoisotopic (exact) mass is 276 g/mol. The molecule has 0 fully saturated rings. The van der Waals surface area contributed by atoms with Crippen molar-refractivity contribution in [2.24, 2.45) is 0 Å². The Morgan fingerprint density at radius 1 is 1.00 bits per heavy atom. The van der Waals surface area contributed by atoms with Crippen molar-refractivity contribution in [3.63, 3.8) is 0 Å². The van der Waals surface area contributed by atoms with Crippen molar-refractivity contribution >= 4 is 11.0 Å². The van der Waals surface area contributed by atoms with Gasteiger partial charge in [-0.05, 0) is 41.8 Å². The fourth-order valence-electron chi connectivity index (χ4n) is 2.61. The minimum Gasteiger partial charge on any atom is -0.464 e. The maximum atomic E-state index is 5.39. The highest BCUT2D eigenvalue weighted by atomic mass is 16.5. The third-order valence-corrected chi connectivity index (χ3v) is 3.70. The van der Waals surface area contributed by atoms with Gasteiger partial charge in [0.15, 0.2) is 0 Å². The molecule has 0 bridgehead atoms. The summed E-state index contributed by atoms with van der Waals surface area (Å²) in [6.45, 7) is 2.07. The van der Waals surface area contributed by atoms with Gasteiger partial charge in [0, 0.05) is 10.9 Å². The first-order valence-electron chi connectivity index (χ1n) is 6.67. The van der Waals surface area contributed by atoms with Gasteiger partial charge in [-0.15, -0.1) is 0 Å². The van der Waals surface area contributed by atoms with Gasteiger partial charge in [-0.2, -0.15) is 4.98 Å². The van der Waals surface area contributed by atoms with Gasteiger partial charge in [-0.25, -0.2) is 0 Å². The summed E-state index contributed by atoms with van der Waals surface area (Å²) in [4.78, 5) is 4.13. The second kappa shape index (κ2) is 4.59. The lowest BCUT2D eigenvalue weighted by atomic mass is 9.95. The fraction of sp³-hybridized carbons (Fsp3) is 0.0588. The third kappa shape index (κ3) is 1.92. The largest absolute Gasteiger partial charge is 0.464 e. The van der Waals surface area contributed by atoms with Crippen LogP contribution in [0.15, 0.2) is 64.1 Å². The van der Waals surface area contributed by atoms with Gasteiger partial charge in [0.1, 0.15) is 5.58 Å². The molecule has 102 valence electrons. The van der Waals surface area contributed by atoms with E-state index in [1.807, 2.05) is 24.3 Å². The summed E-state index contributed by atoms with van der Waals surface area (Å²) in [7, 11) is 0. The van der Waals surface area contributed by atoms with Crippen molar-refractivity contribution in [2.75, 3.05) is 0 Å². The molecule has 0 unspecified atom stereocenters. The second-order valence-electron chi connectivity index (χ2n) is 4.91. The van der Waals surface area contributed by atoms with Crippen LogP contribution in [0.2, 0.25) is 0 Å². The molecule has 4 heteroatoms. The first kappa shape index (κ1) is 11.9. The topological polar surface area (TPSA) is 52.1 Å². The second-order valence-corrected chi connectivity index (χ2v) is 4.91. The van der Waals surface area contributed by atoms with Crippen LogP contribution in [0, 0.1) is 6.92 Å². The first-order valence-corrected chi connectivity index (χ1v) is 6.67. The maximum Gasteiger partial charge on any atom is 0.214 e. The van der Waals surface area contributed by atoms with E-state index in [0.29, 0.717) is 5.82 Å². The molecular formula is C17H12N2O2. The first-order chi connectivity index (χ1) is 10.3. The lowest BCUT2D eigenvalue weighted by Crippen LogP contribution is -1.89. The molecule has 2 heterocycles. The molecule has 4 nitrogen and oxygen atoms in total. The van der Waals surface area contributed by atoms with Crippen LogP contribution >= 0.6 is 0 Å². The van der Waals surface area contributed by atoms with E-state index in [1.54, 1.807) is 6.26 Å². The maximum absolute atomic E-state index is 5.39. The Kier molecular flexibility index (Phi) is 2.60. The van der Waals surface area contributed by atoms with Gasteiger partial charge in [-0.3, -0.25) is 0 Å². The van der Waals surface area contributed by atoms with E-state index >= 15 is 0 Å². The lowest BCUT2D eigenvalue weighted by molar-refractivity contribution is 0.418. The number of rotatable bonds is 2. The summed E-state index contributed by atoms with van der Waals surface area (Å²) in [6, 6.07) is 14.3. The molecule has 0 aliphatic carbocycles. The predicted octanol–water partition coefficient (Wildman–Crippen LogP) is 4.46. The molecule has 2 aromatic carbocycles. The number of benzene rings is 2. The quantitative estimate of drug-likeness (QED) is 0.542. The van der Waals surface area contributed by atoms with Crippen molar-refractivity contribution in [2.45, 2.75) is 6.92 Å². The van der Waals surface area contributed by atoms with Gasteiger partial charge in [0.25, 0.3) is 0 Å². The van der Waals surface area contributed by atoms with E-state index in [2.05, 4.69) is 35.3 Å². The highest BCUT2D eigenvalue weighted by Crippen LogP contribution is 2.32. The number of furan rings is 1. The zero-order valence-corrected chi connectivity index (χ0v) is 11.4. The van der Waals surface area contributed by atoms with Gasteiger partial charge < -0.3 is 8.94 Å². The van der Waals surface area contributed by atoms with Crippen LogP contribution in [0.25, 0.3) is 33.5 Å². The Morgan fingerprint density at radius 2 is 1.90 bits per heavy atom. The Hall–Kier alpha value is -2.88. The molecule has 4 rings (SSSR count). The molecule has 0 saturated carbocycles. The minimum atomic E-state index is 0.610. The summed E-state index contributed by atoms with van der Waals surface area (Å²) < 4.78 is 10.2. The predicted molar refractivity (Wildman–Crippen MR) is 79.7 cm³/mol. The minimum absolute atomic E-state index is 0.610. The molecule has 0 N–H and O–H groups in total. The number of aromatic nitrogens is 2. The molecule has 0 radical (unpaired) electrons. The van der Waals surface area contributed by atoms with Gasteiger partial charge >= 0.3 is 0 Å². The van der Waals surface area contributed by atoms with Crippen molar-refractivity contribution in [1.29, 1.82) is 0 Å². The van der Waals surface area contributed by atoms with Crippen LogP contribution in [-0.2, 0) is 0 Å². The Morgan fingerprint density at radius 3 is 2.76 bits per heavy atom. The zero-order valence-electron chi connectivity index (χ0n) is 11.4. The standard InChI is InChI=1S/C17H12N2O2/c1-11-14(3-2-4-15(11)17-18-10-21-19-17)12-5-6-16-13(9-12)7-8-20-16/h2-10H,1H3. The van der Waals surface area contributed by atoms with E-state index in [-0.39, 0.29) is 0 Å². The van der Waals surface area contributed by atoms with Crippen LogP contribution in [0.1, 0.15) is 5.56 Å². The van der Waals surface area contributed by atoms with Crippen molar-refractivity contribution in [3.8, 4) is 22.5 Å². The van der Waals surface area contributed by atoms with E-state index < -0.39 is 0 Å². The number of hydrogen-bond donors (Lipinski definition) is 0. The van der Waals surface area contributed by atoms with Crippen LogP contribution < -0.4 is 0 Å². The molecule has 2 aromatic heterocycles. The molecule has 0 spiro atoms. The van der Waals surface area contributed by atoms with Gasteiger partial charge in [0.05, 0.1) is 6.26 Å². The number of nitrogens with zero attached hydrogens (tertiary/aromatic N) is 2.